The van der Waals surface area contributed by atoms with Crippen LogP contribution in [-0.2, 0) is 0 Å². The zero-order valence-corrected chi connectivity index (χ0v) is 11.5. The number of aryl methyl sites for hydroxylation is 1. The van der Waals surface area contributed by atoms with Crippen LogP contribution >= 0.6 is 11.8 Å². The molecule has 0 fully saturated rings. The molecule has 0 aromatic heterocycles. The average Bonchev–Trinajstić information content (AvgIpc) is 2.42. The van der Waals surface area contributed by atoms with Crippen molar-refractivity contribution in [2.24, 2.45) is 0 Å². The number of carboxylic acid groups (broad SMARTS) is 1. The maximum Gasteiger partial charge on any atom is 0.335 e. The van der Waals surface area contributed by atoms with Gasteiger partial charge in [-0.2, -0.15) is 0 Å². The van der Waals surface area contributed by atoms with E-state index in [1.165, 1.54) is 0 Å². The van der Waals surface area contributed by atoms with Crippen LogP contribution in [0.1, 0.15) is 15.9 Å². The molecule has 1 N–H and O–H groups in total. The highest BCUT2D eigenvalue weighted by molar-refractivity contribution is 7.99. The molecule has 0 bridgehead atoms. The van der Waals surface area contributed by atoms with Crippen molar-refractivity contribution in [3.8, 4) is 5.75 Å². The Labute approximate surface area is 116 Å². The third kappa shape index (κ3) is 3.29. The highest BCUT2D eigenvalue weighted by Gasteiger charge is 2.07. The molecule has 0 unspecified atom stereocenters. The minimum Gasteiger partial charge on any atom is -0.497 e. The molecular formula is C15H14O3S. The summed E-state index contributed by atoms with van der Waals surface area (Å²) in [5.41, 5.74) is 1.37. The van der Waals surface area contributed by atoms with Crippen molar-refractivity contribution in [3.63, 3.8) is 0 Å². The van der Waals surface area contributed by atoms with E-state index in [0.29, 0.717) is 5.56 Å². The maximum absolute atomic E-state index is 11.0. The Morgan fingerprint density at radius 1 is 1.16 bits per heavy atom. The summed E-state index contributed by atoms with van der Waals surface area (Å²) >= 11 is 1.55. The lowest BCUT2D eigenvalue weighted by molar-refractivity contribution is 0.0696. The first-order valence-electron chi connectivity index (χ1n) is 5.76. The van der Waals surface area contributed by atoms with Crippen LogP contribution < -0.4 is 4.74 Å². The molecule has 98 valence electrons. The molecule has 2 aromatic rings. The Morgan fingerprint density at radius 3 is 2.42 bits per heavy atom. The summed E-state index contributed by atoms with van der Waals surface area (Å²) in [6, 6.07) is 12.8. The van der Waals surface area contributed by atoms with Gasteiger partial charge in [-0.3, -0.25) is 0 Å². The van der Waals surface area contributed by atoms with Crippen LogP contribution in [0.25, 0.3) is 0 Å². The molecule has 0 spiro atoms. The quantitative estimate of drug-likeness (QED) is 0.919. The predicted octanol–water partition coefficient (Wildman–Crippen LogP) is 3.85. The van der Waals surface area contributed by atoms with Crippen LogP contribution in [0.15, 0.2) is 52.3 Å². The second kappa shape index (κ2) is 5.80. The number of ether oxygens (including phenoxy) is 1. The molecule has 0 atom stereocenters. The van der Waals surface area contributed by atoms with E-state index < -0.39 is 5.97 Å². The van der Waals surface area contributed by atoms with E-state index in [2.05, 4.69) is 0 Å². The fourth-order valence-corrected chi connectivity index (χ4v) is 2.55. The molecule has 0 heterocycles. The van der Waals surface area contributed by atoms with Gasteiger partial charge in [-0.05, 0) is 48.9 Å². The lowest BCUT2D eigenvalue weighted by Gasteiger charge is -2.07. The number of rotatable bonds is 4. The minimum atomic E-state index is -0.906. The Morgan fingerprint density at radius 2 is 1.84 bits per heavy atom. The number of hydrogen-bond acceptors (Lipinski definition) is 3. The van der Waals surface area contributed by atoms with E-state index >= 15 is 0 Å². The lowest BCUT2D eigenvalue weighted by Crippen LogP contribution is -1.96. The minimum absolute atomic E-state index is 0.307. The van der Waals surface area contributed by atoms with Gasteiger partial charge in [0.2, 0.25) is 0 Å². The van der Waals surface area contributed by atoms with E-state index in [0.717, 1.165) is 21.1 Å². The van der Waals surface area contributed by atoms with Crippen molar-refractivity contribution in [3.05, 3.63) is 53.6 Å². The van der Waals surface area contributed by atoms with Crippen molar-refractivity contribution in [1.29, 1.82) is 0 Å². The van der Waals surface area contributed by atoms with Crippen molar-refractivity contribution in [1.82, 2.24) is 0 Å². The summed E-state index contributed by atoms with van der Waals surface area (Å²) in [5, 5.41) is 9.01. The fraction of sp³-hybridized carbons (Fsp3) is 0.133. The number of hydrogen-bond donors (Lipinski definition) is 1. The summed E-state index contributed by atoms with van der Waals surface area (Å²) < 4.78 is 5.11. The van der Waals surface area contributed by atoms with Gasteiger partial charge in [0.1, 0.15) is 5.75 Å². The van der Waals surface area contributed by atoms with Gasteiger partial charge < -0.3 is 9.84 Å². The van der Waals surface area contributed by atoms with E-state index in [4.69, 9.17) is 9.84 Å². The van der Waals surface area contributed by atoms with Crippen molar-refractivity contribution >= 4 is 17.7 Å². The van der Waals surface area contributed by atoms with Crippen LogP contribution in [0.4, 0.5) is 0 Å². The summed E-state index contributed by atoms with van der Waals surface area (Å²) in [7, 11) is 1.63. The highest BCUT2D eigenvalue weighted by Crippen LogP contribution is 2.31. The standard InChI is InChI=1S/C15H14O3S/c1-10-3-4-11(15(16)17)9-14(10)19-13-7-5-12(18-2)6-8-13/h3-9H,1-2H3,(H,16,17). The van der Waals surface area contributed by atoms with Crippen molar-refractivity contribution < 1.29 is 14.6 Å². The molecule has 0 aliphatic heterocycles. The molecule has 0 saturated heterocycles. The fourth-order valence-electron chi connectivity index (χ4n) is 1.61. The van der Waals surface area contributed by atoms with Crippen LogP contribution in [0.5, 0.6) is 5.75 Å². The Hall–Kier alpha value is -1.94. The van der Waals surface area contributed by atoms with Crippen LogP contribution in [-0.4, -0.2) is 18.2 Å². The molecule has 0 aliphatic carbocycles. The summed E-state index contributed by atoms with van der Waals surface area (Å²) in [5.74, 6) is -0.100. The van der Waals surface area contributed by atoms with Crippen LogP contribution in [0.2, 0.25) is 0 Å². The molecule has 2 aromatic carbocycles. The number of aromatic carboxylic acids is 1. The van der Waals surface area contributed by atoms with Gasteiger partial charge >= 0.3 is 5.97 Å². The Kier molecular flexibility index (Phi) is 4.12. The van der Waals surface area contributed by atoms with Crippen LogP contribution in [0.3, 0.4) is 0 Å². The van der Waals surface area contributed by atoms with Gasteiger partial charge in [-0.15, -0.1) is 0 Å². The van der Waals surface area contributed by atoms with Gasteiger partial charge in [-0.25, -0.2) is 4.79 Å². The number of carboxylic acids is 1. The van der Waals surface area contributed by atoms with Gasteiger partial charge in [0, 0.05) is 9.79 Å². The molecular weight excluding hydrogens is 260 g/mol. The number of methoxy groups -OCH3 is 1. The first kappa shape index (κ1) is 13.5. The smallest absolute Gasteiger partial charge is 0.335 e. The first-order chi connectivity index (χ1) is 9.10. The monoisotopic (exact) mass is 274 g/mol. The highest BCUT2D eigenvalue weighted by atomic mass is 32.2. The largest absolute Gasteiger partial charge is 0.497 e. The van der Waals surface area contributed by atoms with Crippen molar-refractivity contribution in [2.45, 2.75) is 16.7 Å². The van der Waals surface area contributed by atoms with E-state index in [1.807, 2.05) is 37.3 Å². The third-order valence-corrected chi connectivity index (χ3v) is 3.89. The summed E-state index contributed by atoms with van der Waals surface area (Å²) in [6.45, 7) is 1.97. The Bertz CT molecular complexity index is 591. The summed E-state index contributed by atoms with van der Waals surface area (Å²) in [4.78, 5) is 13.0. The van der Waals surface area contributed by atoms with Gasteiger partial charge in [-0.1, -0.05) is 17.8 Å². The van der Waals surface area contributed by atoms with Crippen molar-refractivity contribution in [2.75, 3.05) is 7.11 Å². The molecule has 0 amide bonds. The van der Waals surface area contributed by atoms with E-state index in [1.54, 1.807) is 31.0 Å². The molecule has 19 heavy (non-hydrogen) atoms. The second-order valence-electron chi connectivity index (χ2n) is 4.06. The zero-order chi connectivity index (χ0) is 13.8. The zero-order valence-electron chi connectivity index (χ0n) is 10.7. The first-order valence-corrected chi connectivity index (χ1v) is 6.57. The van der Waals surface area contributed by atoms with E-state index in [9.17, 15) is 4.79 Å². The molecule has 2 rings (SSSR count). The third-order valence-electron chi connectivity index (χ3n) is 2.72. The molecule has 3 nitrogen and oxygen atoms in total. The molecule has 4 heteroatoms. The lowest BCUT2D eigenvalue weighted by atomic mass is 10.1. The number of carbonyl (C=O) groups is 1. The molecule has 0 radical (unpaired) electrons. The Balaban J connectivity index is 2.26. The maximum atomic E-state index is 11.0. The topological polar surface area (TPSA) is 46.5 Å². The van der Waals surface area contributed by atoms with Crippen LogP contribution in [0, 0.1) is 6.92 Å². The normalized spacial score (nSPS) is 10.2. The summed E-state index contributed by atoms with van der Waals surface area (Å²) in [6.07, 6.45) is 0. The molecule has 0 saturated carbocycles. The second-order valence-corrected chi connectivity index (χ2v) is 5.18. The van der Waals surface area contributed by atoms with Gasteiger partial charge in [0.15, 0.2) is 0 Å². The SMILES string of the molecule is COc1ccc(Sc2cc(C(=O)O)ccc2C)cc1. The molecule has 0 aliphatic rings. The van der Waals surface area contributed by atoms with E-state index in [-0.39, 0.29) is 0 Å². The predicted molar refractivity (Wildman–Crippen MR) is 75.3 cm³/mol. The van der Waals surface area contributed by atoms with Gasteiger partial charge in [0.25, 0.3) is 0 Å². The number of benzene rings is 2. The average molecular weight is 274 g/mol. The van der Waals surface area contributed by atoms with Gasteiger partial charge in [0.05, 0.1) is 12.7 Å².